The van der Waals surface area contributed by atoms with E-state index in [1.54, 1.807) is 43.5 Å². The summed E-state index contributed by atoms with van der Waals surface area (Å²) in [5.74, 6) is -1.02. The number of halogens is 2. The van der Waals surface area contributed by atoms with Gasteiger partial charge in [0.2, 0.25) is 0 Å². The first-order chi connectivity index (χ1) is 11.9. The number of thioether (sulfide) groups is 1. The number of nitrogens with one attached hydrogen (secondary N) is 1. The van der Waals surface area contributed by atoms with Crippen molar-refractivity contribution in [1.82, 2.24) is 10.3 Å². The van der Waals surface area contributed by atoms with E-state index in [0.29, 0.717) is 20.6 Å². The van der Waals surface area contributed by atoms with Gasteiger partial charge in [-0.1, -0.05) is 29.3 Å². The maximum absolute atomic E-state index is 12.1. The van der Waals surface area contributed by atoms with Crippen LogP contribution in [0.4, 0.5) is 0 Å². The van der Waals surface area contributed by atoms with Crippen molar-refractivity contribution in [3.05, 3.63) is 57.7 Å². The Morgan fingerprint density at radius 1 is 1.32 bits per heavy atom. The summed E-state index contributed by atoms with van der Waals surface area (Å²) in [7, 11) is 0. The van der Waals surface area contributed by atoms with E-state index in [2.05, 4.69) is 10.3 Å². The summed E-state index contributed by atoms with van der Waals surface area (Å²) in [6, 6.07) is 7.93. The zero-order chi connectivity index (χ0) is 18.4. The number of ether oxygens (including phenoxy) is 1. The van der Waals surface area contributed by atoms with Gasteiger partial charge in [0.1, 0.15) is 5.03 Å². The second-order valence-electron chi connectivity index (χ2n) is 5.09. The molecule has 1 heterocycles. The average molecular weight is 399 g/mol. The summed E-state index contributed by atoms with van der Waals surface area (Å²) in [4.78, 5) is 28.2. The third-order valence-electron chi connectivity index (χ3n) is 3.33. The van der Waals surface area contributed by atoms with Gasteiger partial charge in [-0.15, -0.1) is 11.8 Å². The van der Waals surface area contributed by atoms with Crippen LogP contribution < -0.4 is 5.32 Å². The molecule has 0 radical (unpaired) electrons. The van der Waals surface area contributed by atoms with Crippen LogP contribution in [0.15, 0.2) is 41.6 Å². The van der Waals surface area contributed by atoms with E-state index < -0.39 is 18.5 Å². The number of aromatic nitrogens is 1. The Morgan fingerprint density at radius 3 is 2.76 bits per heavy atom. The standard InChI is InChI=1S/C17H16Cl2N2O3S/c1-10(12-6-5-11(18)8-14(12)19)21-15(22)9-24-17(23)13-4-3-7-20-16(13)25-2/h3-8,10H,9H2,1-2H3,(H,21,22). The molecule has 1 atom stereocenters. The predicted octanol–water partition coefficient (Wildman–Crippen LogP) is 4.14. The molecule has 1 amide bonds. The molecule has 0 aliphatic heterocycles. The lowest BCUT2D eigenvalue weighted by atomic mass is 10.1. The van der Waals surface area contributed by atoms with E-state index >= 15 is 0 Å². The highest BCUT2D eigenvalue weighted by Crippen LogP contribution is 2.26. The maximum atomic E-state index is 12.1. The summed E-state index contributed by atoms with van der Waals surface area (Å²) in [6.07, 6.45) is 3.40. The van der Waals surface area contributed by atoms with Gasteiger partial charge < -0.3 is 10.1 Å². The number of benzene rings is 1. The van der Waals surface area contributed by atoms with Crippen molar-refractivity contribution >= 4 is 46.8 Å². The van der Waals surface area contributed by atoms with E-state index in [1.807, 2.05) is 6.26 Å². The van der Waals surface area contributed by atoms with Crippen molar-refractivity contribution in [2.75, 3.05) is 12.9 Å². The van der Waals surface area contributed by atoms with Crippen LogP contribution in [0.25, 0.3) is 0 Å². The molecule has 25 heavy (non-hydrogen) atoms. The number of hydrogen-bond donors (Lipinski definition) is 1. The smallest absolute Gasteiger partial charge is 0.341 e. The van der Waals surface area contributed by atoms with Gasteiger partial charge in [0.15, 0.2) is 6.61 Å². The SMILES string of the molecule is CSc1ncccc1C(=O)OCC(=O)NC(C)c1ccc(Cl)cc1Cl. The van der Waals surface area contributed by atoms with E-state index in [9.17, 15) is 9.59 Å². The zero-order valence-electron chi connectivity index (χ0n) is 13.6. The molecule has 0 fully saturated rings. The molecule has 132 valence electrons. The van der Waals surface area contributed by atoms with Gasteiger partial charge in [0, 0.05) is 16.2 Å². The minimum absolute atomic E-state index is 0.330. The summed E-state index contributed by atoms with van der Waals surface area (Å²) < 4.78 is 5.06. The Kier molecular flexibility index (Phi) is 7.11. The van der Waals surface area contributed by atoms with Crippen molar-refractivity contribution in [3.8, 4) is 0 Å². The topological polar surface area (TPSA) is 68.3 Å². The number of carbonyl (C=O) groups excluding carboxylic acids is 2. The van der Waals surface area contributed by atoms with Crippen molar-refractivity contribution < 1.29 is 14.3 Å². The molecule has 0 bridgehead atoms. The quantitative estimate of drug-likeness (QED) is 0.584. The summed E-state index contributed by atoms with van der Waals surface area (Å²) in [5.41, 5.74) is 1.05. The van der Waals surface area contributed by atoms with Crippen LogP contribution in [-0.2, 0) is 9.53 Å². The molecule has 0 saturated carbocycles. The molecular weight excluding hydrogens is 383 g/mol. The predicted molar refractivity (Wildman–Crippen MR) is 99.3 cm³/mol. The van der Waals surface area contributed by atoms with Crippen LogP contribution in [0.2, 0.25) is 10.0 Å². The minimum atomic E-state index is -0.593. The number of esters is 1. The molecule has 1 aromatic carbocycles. The van der Waals surface area contributed by atoms with E-state index in [1.165, 1.54) is 11.8 Å². The highest BCUT2D eigenvalue weighted by Gasteiger charge is 2.17. The molecule has 1 aromatic heterocycles. The van der Waals surface area contributed by atoms with Gasteiger partial charge in [0.25, 0.3) is 5.91 Å². The van der Waals surface area contributed by atoms with Crippen LogP contribution in [-0.4, -0.2) is 29.7 Å². The number of carbonyl (C=O) groups is 2. The normalized spacial score (nSPS) is 11.7. The van der Waals surface area contributed by atoms with Crippen LogP contribution in [0, 0.1) is 0 Å². The van der Waals surface area contributed by atoms with Gasteiger partial charge in [-0.05, 0) is 43.0 Å². The Bertz CT molecular complexity index is 786. The Morgan fingerprint density at radius 2 is 2.08 bits per heavy atom. The number of nitrogens with zero attached hydrogens (tertiary/aromatic N) is 1. The van der Waals surface area contributed by atoms with Crippen molar-refractivity contribution in [3.63, 3.8) is 0 Å². The lowest BCUT2D eigenvalue weighted by Crippen LogP contribution is -2.31. The number of amides is 1. The second kappa shape index (κ2) is 9.08. The van der Waals surface area contributed by atoms with Crippen LogP contribution in [0.5, 0.6) is 0 Å². The van der Waals surface area contributed by atoms with E-state index in [-0.39, 0.29) is 6.04 Å². The Labute approximate surface area is 160 Å². The molecule has 0 aliphatic carbocycles. The van der Waals surface area contributed by atoms with Crippen molar-refractivity contribution in [2.24, 2.45) is 0 Å². The monoisotopic (exact) mass is 398 g/mol. The highest BCUT2D eigenvalue weighted by molar-refractivity contribution is 7.98. The van der Waals surface area contributed by atoms with Gasteiger partial charge in [-0.2, -0.15) is 0 Å². The van der Waals surface area contributed by atoms with Crippen LogP contribution in [0.3, 0.4) is 0 Å². The first kappa shape index (κ1) is 19.6. The van der Waals surface area contributed by atoms with Gasteiger partial charge in [-0.25, -0.2) is 9.78 Å². The van der Waals surface area contributed by atoms with Gasteiger partial charge >= 0.3 is 5.97 Å². The molecule has 5 nitrogen and oxygen atoms in total. The minimum Gasteiger partial charge on any atom is -0.452 e. The van der Waals surface area contributed by atoms with Gasteiger partial charge in [-0.3, -0.25) is 4.79 Å². The van der Waals surface area contributed by atoms with Crippen molar-refractivity contribution in [1.29, 1.82) is 0 Å². The molecule has 1 N–H and O–H groups in total. The molecule has 0 saturated heterocycles. The second-order valence-corrected chi connectivity index (χ2v) is 6.73. The maximum Gasteiger partial charge on any atom is 0.341 e. The third-order valence-corrected chi connectivity index (χ3v) is 4.60. The van der Waals surface area contributed by atoms with E-state index in [4.69, 9.17) is 27.9 Å². The van der Waals surface area contributed by atoms with Crippen LogP contribution in [0.1, 0.15) is 28.9 Å². The lowest BCUT2D eigenvalue weighted by Gasteiger charge is -2.16. The lowest BCUT2D eigenvalue weighted by molar-refractivity contribution is -0.124. The number of rotatable bonds is 6. The van der Waals surface area contributed by atoms with Crippen LogP contribution >= 0.6 is 35.0 Å². The molecule has 8 heteroatoms. The first-order valence-electron chi connectivity index (χ1n) is 7.32. The summed E-state index contributed by atoms with van der Waals surface area (Å²) in [5, 5.41) is 4.25. The average Bonchev–Trinajstić information content (AvgIpc) is 2.59. The number of hydrogen-bond acceptors (Lipinski definition) is 5. The largest absolute Gasteiger partial charge is 0.452 e. The van der Waals surface area contributed by atoms with Gasteiger partial charge in [0.05, 0.1) is 11.6 Å². The molecule has 0 aliphatic rings. The molecular formula is C17H16Cl2N2O3S. The fourth-order valence-corrected chi connectivity index (χ4v) is 3.24. The summed E-state index contributed by atoms with van der Waals surface area (Å²) >= 11 is 13.3. The third kappa shape index (κ3) is 5.36. The highest BCUT2D eigenvalue weighted by atomic mass is 35.5. The van der Waals surface area contributed by atoms with E-state index in [0.717, 1.165) is 5.56 Å². The van der Waals surface area contributed by atoms with Crippen molar-refractivity contribution in [2.45, 2.75) is 18.0 Å². The molecule has 1 unspecified atom stereocenters. The Hall–Kier alpha value is -1.76. The first-order valence-corrected chi connectivity index (χ1v) is 9.31. The zero-order valence-corrected chi connectivity index (χ0v) is 15.9. The molecule has 0 spiro atoms. The number of pyridine rings is 1. The fourth-order valence-electron chi connectivity index (χ4n) is 2.13. The molecule has 2 aromatic rings. The summed E-state index contributed by atoms with van der Waals surface area (Å²) in [6.45, 7) is 1.39. The fraction of sp³-hybridized carbons (Fsp3) is 0.235. The molecule has 2 rings (SSSR count). The Balaban J connectivity index is 1.93.